The van der Waals surface area contributed by atoms with Crippen LogP contribution >= 0.6 is 0 Å². The average Bonchev–Trinajstić information content (AvgIpc) is 3.14. The highest BCUT2D eigenvalue weighted by atomic mass is 16.5. The Morgan fingerprint density at radius 1 is 1.18 bits per heavy atom. The number of hydrogen-bond donors (Lipinski definition) is 1. The number of rotatable bonds is 6. The van der Waals surface area contributed by atoms with Crippen molar-refractivity contribution in [1.29, 1.82) is 0 Å². The molecule has 0 spiro atoms. The maximum atomic E-state index is 12.8. The SMILES string of the molecule is COc1cccc(-c2cc(CN(C(=O)Nc3cccc(C)c3)C(C)C)no2)c1. The van der Waals surface area contributed by atoms with E-state index in [0.717, 1.165) is 22.6 Å². The van der Waals surface area contributed by atoms with Crippen LogP contribution in [0.1, 0.15) is 25.1 Å². The Balaban J connectivity index is 1.74. The Bertz CT molecular complexity index is 949. The van der Waals surface area contributed by atoms with Gasteiger partial charge in [0.2, 0.25) is 0 Å². The number of anilines is 1. The zero-order valence-corrected chi connectivity index (χ0v) is 16.6. The van der Waals surface area contributed by atoms with Gasteiger partial charge in [-0.25, -0.2) is 4.79 Å². The van der Waals surface area contributed by atoms with Gasteiger partial charge in [0.1, 0.15) is 11.4 Å². The summed E-state index contributed by atoms with van der Waals surface area (Å²) in [6.45, 7) is 6.28. The number of ether oxygens (including phenoxy) is 1. The summed E-state index contributed by atoms with van der Waals surface area (Å²) in [5.74, 6) is 1.38. The van der Waals surface area contributed by atoms with Crippen LogP contribution in [0.4, 0.5) is 10.5 Å². The van der Waals surface area contributed by atoms with Crippen LogP contribution in [-0.2, 0) is 6.54 Å². The molecule has 6 heteroatoms. The van der Waals surface area contributed by atoms with Gasteiger partial charge in [0.15, 0.2) is 5.76 Å². The van der Waals surface area contributed by atoms with Gasteiger partial charge in [-0.2, -0.15) is 0 Å². The topological polar surface area (TPSA) is 67.6 Å². The van der Waals surface area contributed by atoms with Crippen LogP contribution in [0, 0.1) is 6.92 Å². The first kappa shape index (κ1) is 19.5. The minimum atomic E-state index is -0.175. The van der Waals surface area contributed by atoms with E-state index in [2.05, 4.69) is 10.5 Å². The van der Waals surface area contributed by atoms with Crippen molar-refractivity contribution in [3.8, 4) is 17.1 Å². The number of methoxy groups -OCH3 is 1. The van der Waals surface area contributed by atoms with E-state index in [1.165, 1.54) is 0 Å². The number of aryl methyl sites for hydroxylation is 1. The molecule has 0 aliphatic carbocycles. The summed E-state index contributed by atoms with van der Waals surface area (Å²) in [7, 11) is 1.62. The van der Waals surface area contributed by atoms with Gasteiger partial charge in [0.25, 0.3) is 0 Å². The van der Waals surface area contributed by atoms with E-state index < -0.39 is 0 Å². The molecule has 1 heterocycles. The lowest BCUT2D eigenvalue weighted by Crippen LogP contribution is -2.39. The number of amides is 2. The predicted octanol–water partition coefficient (Wildman–Crippen LogP) is 5.10. The molecule has 0 unspecified atom stereocenters. The fourth-order valence-corrected chi connectivity index (χ4v) is 2.88. The van der Waals surface area contributed by atoms with Gasteiger partial charge in [-0.05, 0) is 50.6 Å². The Kier molecular flexibility index (Phi) is 5.99. The fourth-order valence-electron chi connectivity index (χ4n) is 2.88. The molecule has 6 nitrogen and oxygen atoms in total. The third kappa shape index (κ3) is 4.71. The molecular formula is C22H25N3O3. The first-order chi connectivity index (χ1) is 13.5. The van der Waals surface area contributed by atoms with Crippen molar-refractivity contribution in [3.05, 3.63) is 65.9 Å². The van der Waals surface area contributed by atoms with Gasteiger partial charge in [0.05, 0.1) is 13.7 Å². The summed E-state index contributed by atoms with van der Waals surface area (Å²) in [6, 6.07) is 17.0. The molecule has 0 aliphatic rings. The first-order valence-electron chi connectivity index (χ1n) is 9.20. The number of urea groups is 1. The van der Waals surface area contributed by atoms with Crippen LogP contribution in [0.15, 0.2) is 59.1 Å². The summed E-state index contributed by atoms with van der Waals surface area (Å²) in [6.07, 6.45) is 0. The molecule has 3 aromatic rings. The lowest BCUT2D eigenvalue weighted by molar-refractivity contribution is 0.191. The van der Waals surface area contributed by atoms with Crippen molar-refractivity contribution in [3.63, 3.8) is 0 Å². The molecule has 28 heavy (non-hydrogen) atoms. The number of carbonyl (C=O) groups excluding carboxylic acids is 1. The zero-order chi connectivity index (χ0) is 20.1. The van der Waals surface area contributed by atoms with Crippen molar-refractivity contribution in [2.24, 2.45) is 0 Å². The molecule has 0 saturated carbocycles. The lowest BCUT2D eigenvalue weighted by Gasteiger charge is -2.26. The van der Waals surface area contributed by atoms with E-state index >= 15 is 0 Å². The highest BCUT2D eigenvalue weighted by Crippen LogP contribution is 2.25. The smallest absolute Gasteiger partial charge is 0.322 e. The van der Waals surface area contributed by atoms with E-state index in [9.17, 15) is 4.79 Å². The minimum absolute atomic E-state index is 0.00165. The normalized spacial score (nSPS) is 10.8. The number of hydrogen-bond acceptors (Lipinski definition) is 4. The fraction of sp³-hybridized carbons (Fsp3) is 0.273. The largest absolute Gasteiger partial charge is 0.497 e. The highest BCUT2D eigenvalue weighted by Gasteiger charge is 2.20. The minimum Gasteiger partial charge on any atom is -0.497 e. The number of aromatic nitrogens is 1. The van der Waals surface area contributed by atoms with Crippen LogP contribution < -0.4 is 10.1 Å². The molecule has 2 aromatic carbocycles. The highest BCUT2D eigenvalue weighted by molar-refractivity contribution is 5.89. The van der Waals surface area contributed by atoms with E-state index in [1.807, 2.05) is 75.4 Å². The average molecular weight is 379 g/mol. The van der Waals surface area contributed by atoms with E-state index in [1.54, 1.807) is 12.0 Å². The van der Waals surface area contributed by atoms with Crippen molar-refractivity contribution in [1.82, 2.24) is 10.1 Å². The van der Waals surface area contributed by atoms with Gasteiger partial charge in [-0.3, -0.25) is 0 Å². The monoisotopic (exact) mass is 379 g/mol. The third-order valence-corrected chi connectivity index (χ3v) is 4.40. The summed E-state index contributed by atoms with van der Waals surface area (Å²) in [5, 5.41) is 7.09. The van der Waals surface area contributed by atoms with E-state index in [-0.39, 0.29) is 12.1 Å². The molecule has 146 valence electrons. The maximum Gasteiger partial charge on any atom is 0.322 e. The van der Waals surface area contributed by atoms with Crippen molar-refractivity contribution in [2.75, 3.05) is 12.4 Å². The van der Waals surface area contributed by atoms with Crippen LogP contribution in [-0.4, -0.2) is 29.2 Å². The Morgan fingerprint density at radius 3 is 2.68 bits per heavy atom. The number of carbonyl (C=O) groups is 1. The first-order valence-corrected chi connectivity index (χ1v) is 9.20. The molecule has 3 rings (SSSR count). The molecule has 0 atom stereocenters. The molecule has 0 saturated heterocycles. The Morgan fingerprint density at radius 2 is 1.96 bits per heavy atom. The van der Waals surface area contributed by atoms with Crippen LogP contribution in [0.25, 0.3) is 11.3 Å². The second-order valence-electron chi connectivity index (χ2n) is 6.94. The summed E-state index contributed by atoms with van der Waals surface area (Å²) in [5.41, 5.74) is 3.42. The van der Waals surface area contributed by atoms with Crippen molar-refractivity contribution >= 4 is 11.7 Å². The number of nitrogens with zero attached hydrogens (tertiary/aromatic N) is 2. The summed E-state index contributed by atoms with van der Waals surface area (Å²) < 4.78 is 10.7. The number of nitrogens with one attached hydrogen (secondary N) is 1. The second kappa shape index (κ2) is 8.61. The predicted molar refractivity (Wildman–Crippen MR) is 109 cm³/mol. The zero-order valence-electron chi connectivity index (χ0n) is 16.6. The van der Waals surface area contributed by atoms with Crippen molar-refractivity contribution in [2.45, 2.75) is 33.4 Å². The third-order valence-electron chi connectivity index (χ3n) is 4.40. The Labute approximate surface area is 165 Å². The van der Waals surface area contributed by atoms with Gasteiger partial charge in [-0.15, -0.1) is 0 Å². The standard InChI is InChI=1S/C22H25N3O3/c1-15(2)25(22(26)23-18-9-5-7-16(3)11-18)14-19-13-21(28-24-19)17-8-6-10-20(12-17)27-4/h5-13,15H,14H2,1-4H3,(H,23,26). The number of benzene rings is 2. The molecule has 0 radical (unpaired) electrons. The maximum absolute atomic E-state index is 12.8. The Hall–Kier alpha value is -3.28. The summed E-state index contributed by atoms with van der Waals surface area (Å²) >= 11 is 0. The van der Waals surface area contributed by atoms with Gasteiger partial charge >= 0.3 is 6.03 Å². The molecule has 1 N–H and O–H groups in total. The van der Waals surface area contributed by atoms with Crippen LogP contribution in [0.2, 0.25) is 0 Å². The van der Waals surface area contributed by atoms with Gasteiger partial charge in [0, 0.05) is 23.4 Å². The summed E-state index contributed by atoms with van der Waals surface area (Å²) in [4.78, 5) is 14.5. The van der Waals surface area contributed by atoms with Gasteiger partial charge < -0.3 is 19.5 Å². The van der Waals surface area contributed by atoms with Crippen molar-refractivity contribution < 1.29 is 14.1 Å². The molecule has 0 bridgehead atoms. The van der Waals surface area contributed by atoms with Crippen LogP contribution in [0.5, 0.6) is 5.75 Å². The second-order valence-corrected chi connectivity index (χ2v) is 6.94. The van der Waals surface area contributed by atoms with Crippen LogP contribution in [0.3, 0.4) is 0 Å². The van der Waals surface area contributed by atoms with Gasteiger partial charge in [-0.1, -0.05) is 29.4 Å². The molecule has 1 aromatic heterocycles. The molecule has 0 aliphatic heterocycles. The lowest BCUT2D eigenvalue weighted by atomic mass is 10.1. The van der Waals surface area contributed by atoms with E-state index in [0.29, 0.717) is 18.0 Å². The molecular weight excluding hydrogens is 354 g/mol. The molecule has 2 amide bonds. The van der Waals surface area contributed by atoms with E-state index in [4.69, 9.17) is 9.26 Å². The molecule has 0 fully saturated rings. The quantitative estimate of drug-likeness (QED) is 0.647.